The van der Waals surface area contributed by atoms with E-state index in [4.69, 9.17) is 21.1 Å². The van der Waals surface area contributed by atoms with Crippen molar-refractivity contribution in [1.29, 1.82) is 0 Å². The predicted molar refractivity (Wildman–Crippen MR) is 133 cm³/mol. The Morgan fingerprint density at radius 1 is 1.03 bits per heavy atom. The molecule has 0 radical (unpaired) electrons. The first kappa shape index (κ1) is 25.5. The van der Waals surface area contributed by atoms with E-state index in [1.165, 1.54) is 13.0 Å². The van der Waals surface area contributed by atoms with E-state index in [1.807, 2.05) is 24.3 Å². The van der Waals surface area contributed by atoms with Gasteiger partial charge in [-0.25, -0.2) is 9.97 Å². The van der Waals surface area contributed by atoms with Crippen molar-refractivity contribution in [3.05, 3.63) is 81.8 Å². The van der Waals surface area contributed by atoms with Gasteiger partial charge < -0.3 is 14.8 Å². The maximum absolute atomic E-state index is 13.4. The lowest BCUT2D eigenvalue weighted by atomic mass is 9.97. The fourth-order valence-electron chi connectivity index (χ4n) is 3.98. The van der Waals surface area contributed by atoms with Crippen LogP contribution in [0.2, 0.25) is 5.15 Å². The number of hydrogen-bond acceptors (Lipinski definition) is 6. The van der Waals surface area contributed by atoms with Gasteiger partial charge in [-0.15, -0.1) is 0 Å². The van der Waals surface area contributed by atoms with Crippen LogP contribution >= 0.6 is 11.6 Å². The number of pyridine rings is 1. The number of anilines is 1. The highest BCUT2D eigenvalue weighted by atomic mass is 35.5. The average molecular weight is 517 g/mol. The molecule has 0 saturated heterocycles. The Hall–Kier alpha value is -3.59. The molecule has 0 aliphatic rings. The van der Waals surface area contributed by atoms with Crippen molar-refractivity contribution in [3.63, 3.8) is 0 Å². The van der Waals surface area contributed by atoms with Gasteiger partial charge in [0.25, 0.3) is 0 Å². The second-order valence-electron chi connectivity index (χ2n) is 8.29. The molecule has 1 atom stereocenters. The molecule has 10 heteroatoms. The number of fused-ring (bicyclic) bond motifs is 1. The third kappa shape index (κ3) is 5.46. The Balaban J connectivity index is 1.67. The summed E-state index contributed by atoms with van der Waals surface area (Å²) in [6.45, 7) is 5.17. The number of halogens is 4. The molecular formula is C26H24ClF3N4O2. The zero-order valence-corrected chi connectivity index (χ0v) is 20.8. The van der Waals surface area contributed by atoms with Gasteiger partial charge >= 0.3 is 6.18 Å². The molecule has 6 nitrogen and oxygen atoms in total. The summed E-state index contributed by atoms with van der Waals surface area (Å²) >= 11 is 6.29. The van der Waals surface area contributed by atoms with Crippen LogP contribution in [-0.2, 0) is 12.8 Å². The highest BCUT2D eigenvalue weighted by molar-refractivity contribution is 6.30. The van der Waals surface area contributed by atoms with Crippen LogP contribution in [0.15, 0.2) is 48.5 Å². The summed E-state index contributed by atoms with van der Waals surface area (Å²) in [5.74, 6) is 1.82. The minimum absolute atomic E-state index is 0.156. The number of nitrogens with zero attached hydrogens (tertiary/aromatic N) is 3. The number of benzene rings is 2. The number of ether oxygens (including phenoxy) is 2. The fraction of sp³-hybridized carbons (Fsp3) is 0.269. The first-order chi connectivity index (χ1) is 17.1. The standard InChI is InChI=1S/C26H24ClF3N4O2/c1-14-19(6-5-7-21(14)26(28,29)30)15(2)31-24-20-12-22(27)34-25(23(20)32-16(3)33-24)36-13-17-8-10-18(35-4)11-9-17/h5-12,15H,13H2,1-4H3,(H,31,32,33)/t15-/m1/s1. The molecular weight excluding hydrogens is 493 g/mol. The van der Waals surface area contributed by atoms with Crippen LogP contribution in [0.4, 0.5) is 19.0 Å². The number of nitrogens with one attached hydrogen (secondary N) is 1. The number of hydrogen-bond donors (Lipinski definition) is 1. The molecule has 0 aliphatic carbocycles. The van der Waals surface area contributed by atoms with E-state index in [1.54, 1.807) is 33.1 Å². The van der Waals surface area contributed by atoms with E-state index in [9.17, 15) is 13.2 Å². The Morgan fingerprint density at radius 2 is 1.75 bits per heavy atom. The van der Waals surface area contributed by atoms with Gasteiger partial charge in [0.05, 0.1) is 24.1 Å². The maximum atomic E-state index is 13.4. The van der Waals surface area contributed by atoms with Crippen LogP contribution in [0.5, 0.6) is 11.6 Å². The lowest BCUT2D eigenvalue weighted by Crippen LogP contribution is -2.14. The molecule has 4 rings (SSSR count). The van der Waals surface area contributed by atoms with Gasteiger partial charge in [0, 0.05) is 0 Å². The van der Waals surface area contributed by atoms with Gasteiger partial charge in [-0.05, 0) is 61.7 Å². The van der Waals surface area contributed by atoms with E-state index >= 15 is 0 Å². The number of rotatable bonds is 7. The van der Waals surface area contributed by atoms with Crippen LogP contribution in [0.1, 0.15) is 41.0 Å². The third-order valence-corrected chi connectivity index (χ3v) is 5.96. The Kier molecular flexibility index (Phi) is 7.21. The highest BCUT2D eigenvalue weighted by Gasteiger charge is 2.33. The fourth-order valence-corrected chi connectivity index (χ4v) is 4.16. The molecule has 0 spiro atoms. The number of aromatic nitrogens is 3. The van der Waals surface area contributed by atoms with E-state index in [2.05, 4.69) is 20.3 Å². The normalized spacial score (nSPS) is 12.4. The second-order valence-corrected chi connectivity index (χ2v) is 8.67. The first-order valence-corrected chi connectivity index (χ1v) is 11.5. The first-order valence-electron chi connectivity index (χ1n) is 11.1. The average Bonchev–Trinajstić information content (AvgIpc) is 2.82. The SMILES string of the molecule is COc1ccc(COc2nc(Cl)cc3c(N[C@H](C)c4cccc(C(F)(F)F)c4C)nc(C)nc23)cc1. The third-order valence-electron chi connectivity index (χ3n) is 5.77. The summed E-state index contributed by atoms with van der Waals surface area (Å²) < 4.78 is 51.4. The minimum Gasteiger partial charge on any atom is -0.497 e. The summed E-state index contributed by atoms with van der Waals surface area (Å²) in [7, 11) is 1.59. The van der Waals surface area contributed by atoms with Crippen molar-refractivity contribution < 1.29 is 22.6 Å². The molecule has 2 aromatic carbocycles. The van der Waals surface area contributed by atoms with Crippen LogP contribution in [-0.4, -0.2) is 22.1 Å². The molecule has 1 N–H and O–H groups in total. The molecule has 0 aliphatic heterocycles. The number of aryl methyl sites for hydroxylation is 1. The summed E-state index contributed by atoms with van der Waals surface area (Å²) in [5, 5.41) is 3.94. The summed E-state index contributed by atoms with van der Waals surface area (Å²) in [4.78, 5) is 13.3. The van der Waals surface area contributed by atoms with Gasteiger partial charge in [-0.1, -0.05) is 35.9 Å². The van der Waals surface area contributed by atoms with Crippen molar-refractivity contribution in [2.75, 3.05) is 12.4 Å². The highest BCUT2D eigenvalue weighted by Crippen LogP contribution is 2.36. The Labute approximate surface area is 211 Å². The topological polar surface area (TPSA) is 69.2 Å². The van der Waals surface area contributed by atoms with Crippen molar-refractivity contribution in [2.24, 2.45) is 0 Å². The van der Waals surface area contributed by atoms with Gasteiger partial charge in [0.1, 0.15) is 34.7 Å². The molecule has 0 fully saturated rings. The van der Waals surface area contributed by atoms with Crippen LogP contribution in [0, 0.1) is 13.8 Å². The molecule has 2 heterocycles. The molecule has 0 saturated carbocycles. The molecule has 2 aromatic heterocycles. The summed E-state index contributed by atoms with van der Waals surface area (Å²) in [5.41, 5.74) is 1.33. The van der Waals surface area contributed by atoms with Crippen molar-refractivity contribution >= 4 is 28.3 Å². The van der Waals surface area contributed by atoms with Crippen molar-refractivity contribution in [3.8, 4) is 11.6 Å². The zero-order valence-electron chi connectivity index (χ0n) is 20.1. The maximum Gasteiger partial charge on any atom is 0.416 e. The lowest BCUT2D eigenvalue weighted by molar-refractivity contribution is -0.138. The lowest BCUT2D eigenvalue weighted by Gasteiger charge is -2.21. The Bertz CT molecular complexity index is 1400. The quantitative estimate of drug-likeness (QED) is 0.265. The van der Waals surface area contributed by atoms with E-state index in [0.29, 0.717) is 28.1 Å². The van der Waals surface area contributed by atoms with E-state index in [0.717, 1.165) is 17.4 Å². The monoisotopic (exact) mass is 516 g/mol. The van der Waals surface area contributed by atoms with Crippen molar-refractivity contribution in [1.82, 2.24) is 15.0 Å². The minimum atomic E-state index is -4.44. The van der Waals surface area contributed by atoms with Gasteiger partial charge in [0.15, 0.2) is 0 Å². The van der Waals surface area contributed by atoms with Crippen LogP contribution < -0.4 is 14.8 Å². The predicted octanol–water partition coefficient (Wildman–Crippen LogP) is 7.07. The van der Waals surface area contributed by atoms with Gasteiger partial charge in [0.2, 0.25) is 5.88 Å². The number of alkyl halides is 3. The van der Waals surface area contributed by atoms with Crippen LogP contribution in [0.25, 0.3) is 10.9 Å². The van der Waals surface area contributed by atoms with Gasteiger partial charge in [-0.3, -0.25) is 0 Å². The molecule has 188 valence electrons. The summed E-state index contributed by atoms with van der Waals surface area (Å²) in [6, 6.07) is 12.7. The molecule has 0 bridgehead atoms. The van der Waals surface area contributed by atoms with E-state index in [-0.39, 0.29) is 23.2 Å². The largest absolute Gasteiger partial charge is 0.497 e. The zero-order chi connectivity index (χ0) is 26.0. The molecule has 0 amide bonds. The molecule has 0 unspecified atom stereocenters. The van der Waals surface area contributed by atoms with E-state index < -0.39 is 17.8 Å². The molecule has 36 heavy (non-hydrogen) atoms. The van der Waals surface area contributed by atoms with Crippen LogP contribution in [0.3, 0.4) is 0 Å². The van der Waals surface area contributed by atoms with Gasteiger partial charge in [-0.2, -0.15) is 18.2 Å². The summed E-state index contributed by atoms with van der Waals surface area (Å²) in [6.07, 6.45) is -4.44. The molecule has 4 aromatic rings. The number of methoxy groups -OCH3 is 1. The smallest absolute Gasteiger partial charge is 0.416 e. The van der Waals surface area contributed by atoms with Crippen molar-refractivity contribution in [2.45, 2.75) is 39.6 Å². The Morgan fingerprint density at radius 3 is 2.42 bits per heavy atom. The second kappa shape index (κ2) is 10.2.